The van der Waals surface area contributed by atoms with Crippen LogP contribution in [0.2, 0.25) is 0 Å². The fourth-order valence-electron chi connectivity index (χ4n) is 10.5. The Kier molecular flexibility index (Phi) is 22.9. The van der Waals surface area contributed by atoms with E-state index < -0.39 is 77.8 Å². The Hall–Kier alpha value is -3.41. The lowest BCUT2D eigenvalue weighted by Gasteiger charge is -2.42. The lowest BCUT2D eigenvalue weighted by molar-refractivity contribution is -0.265. The van der Waals surface area contributed by atoms with Crippen LogP contribution in [0.1, 0.15) is 126 Å². The van der Waals surface area contributed by atoms with E-state index in [2.05, 4.69) is 0 Å². The molecule has 3 fully saturated rings. The molecule has 0 aromatic rings. The Morgan fingerprint density at radius 1 is 0.853 bits per heavy atom. The molecule has 0 aromatic heterocycles. The highest BCUT2D eigenvalue weighted by atomic mass is 16.6. The number of ether oxygens (including phenoxy) is 6. The van der Waals surface area contributed by atoms with Crippen molar-refractivity contribution in [3.63, 3.8) is 0 Å². The molecule has 3 aliphatic heterocycles. The molecule has 1 amide bonds. The minimum Gasteiger partial charge on any atom is -0.460 e. The van der Waals surface area contributed by atoms with Crippen molar-refractivity contribution in [3.8, 4) is 0 Å². The number of rotatable bonds is 9. The standard InChI is InChI=1S/C53H83NO14/c1-32-16-12-11-13-17-33(2)44(63-8)30-40-21-19-38(7)53(62,68-40)50(59)51(60)54-23-15-14-18-41(54)52(61)67-45(35(4)28-39-20-22-43(66-25-24-55)46(29-39)64-9)31-42(56)34(3)27-37(6)48(58)49(65-10)47(57)36(5)26-32/h11-13,16-17,27,32,34-36,38-41,43-46,48-49,55,58,62H,14-15,18-26,28-31H2,1-10H3/t32?,34?,35?,36?,38?,39-,40?,41?,43+,44?,45?,46+,48?,49?,53?/m0/s1. The number of nitrogens with zero attached hydrogens (tertiary/aromatic N) is 1. The number of Topliss-reactive ketones (excluding diaryl/α,β-unsaturated/α-hetero) is 3. The van der Waals surface area contributed by atoms with Crippen LogP contribution >= 0.6 is 0 Å². The summed E-state index contributed by atoms with van der Waals surface area (Å²) >= 11 is 0. The van der Waals surface area contributed by atoms with Gasteiger partial charge in [0.15, 0.2) is 5.78 Å². The van der Waals surface area contributed by atoms with E-state index in [1.165, 1.54) is 12.0 Å². The third kappa shape index (κ3) is 15.3. The van der Waals surface area contributed by atoms with Crippen LogP contribution in [0.3, 0.4) is 0 Å². The molecule has 1 saturated carbocycles. The van der Waals surface area contributed by atoms with Gasteiger partial charge in [0.1, 0.15) is 30.1 Å². The van der Waals surface area contributed by atoms with Crippen LogP contribution in [-0.4, -0.2) is 145 Å². The molecule has 15 heteroatoms. The Balaban J connectivity index is 1.70. The lowest BCUT2D eigenvalue weighted by Crippen LogP contribution is -2.61. The Bertz CT molecular complexity index is 1810. The number of esters is 1. The average Bonchev–Trinajstić information content (AvgIpc) is 3.32. The van der Waals surface area contributed by atoms with E-state index in [4.69, 9.17) is 28.4 Å². The number of aliphatic hydroxyl groups is 3. The van der Waals surface area contributed by atoms with Crippen LogP contribution in [0.4, 0.5) is 0 Å². The first-order chi connectivity index (χ1) is 32.3. The van der Waals surface area contributed by atoms with E-state index in [9.17, 15) is 39.3 Å². The fraction of sp³-hybridized carbons (Fsp3) is 0.755. The van der Waals surface area contributed by atoms with Gasteiger partial charge in [-0.15, -0.1) is 0 Å². The number of carbonyl (C=O) groups is 5. The summed E-state index contributed by atoms with van der Waals surface area (Å²) < 4.78 is 35.6. The number of methoxy groups -OCH3 is 3. The van der Waals surface area contributed by atoms with E-state index in [1.807, 2.05) is 58.1 Å². The van der Waals surface area contributed by atoms with Gasteiger partial charge in [0.05, 0.1) is 37.6 Å². The van der Waals surface area contributed by atoms with Crippen LogP contribution in [0.25, 0.3) is 0 Å². The number of fused-ring (bicyclic) bond motifs is 3. The Labute approximate surface area is 405 Å². The highest BCUT2D eigenvalue weighted by Gasteiger charge is 2.53. The van der Waals surface area contributed by atoms with Crippen molar-refractivity contribution < 1.29 is 67.7 Å². The van der Waals surface area contributed by atoms with E-state index in [0.29, 0.717) is 63.4 Å². The topological polar surface area (TPSA) is 205 Å². The summed E-state index contributed by atoms with van der Waals surface area (Å²) in [4.78, 5) is 72.1. The van der Waals surface area contributed by atoms with Crippen molar-refractivity contribution in [3.05, 3.63) is 47.6 Å². The molecular weight excluding hydrogens is 875 g/mol. The zero-order valence-corrected chi connectivity index (χ0v) is 42.4. The van der Waals surface area contributed by atoms with Crippen LogP contribution in [0, 0.1) is 35.5 Å². The first-order valence-electron chi connectivity index (χ1n) is 25.0. The maximum atomic E-state index is 14.5. The zero-order valence-electron chi connectivity index (χ0n) is 42.4. The summed E-state index contributed by atoms with van der Waals surface area (Å²) in [5, 5.41) is 32.8. The molecule has 3 heterocycles. The van der Waals surface area contributed by atoms with Crippen molar-refractivity contribution in [2.75, 3.05) is 41.1 Å². The second kappa shape index (κ2) is 27.3. The molecule has 15 atom stereocenters. The number of hydrogen-bond donors (Lipinski definition) is 3. The average molecular weight is 958 g/mol. The second-order valence-electron chi connectivity index (χ2n) is 20.2. The van der Waals surface area contributed by atoms with Gasteiger partial charge < -0.3 is 48.6 Å². The van der Waals surface area contributed by atoms with Gasteiger partial charge in [0.2, 0.25) is 5.79 Å². The van der Waals surface area contributed by atoms with Crippen LogP contribution in [0.5, 0.6) is 0 Å². The highest BCUT2D eigenvalue weighted by molar-refractivity contribution is 6.39. The van der Waals surface area contributed by atoms with Crippen LogP contribution in [-0.2, 0) is 52.4 Å². The van der Waals surface area contributed by atoms with E-state index >= 15 is 0 Å². The van der Waals surface area contributed by atoms with Gasteiger partial charge in [-0.05, 0) is 107 Å². The maximum Gasteiger partial charge on any atom is 0.329 e. The zero-order chi connectivity index (χ0) is 50.3. The molecular formula is C53H83NO14. The summed E-state index contributed by atoms with van der Waals surface area (Å²) in [6.45, 7) is 12.9. The van der Waals surface area contributed by atoms with Crippen LogP contribution < -0.4 is 0 Å². The van der Waals surface area contributed by atoms with Gasteiger partial charge in [-0.1, -0.05) is 71.1 Å². The third-order valence-corrected chi connectivity index (χ3v) is 14.9. The molecule has 384 valence electrons. The monoisotopic (exact) mass is 958 g/mol. The molecule has 2 bridgehead atoms. The van der Waals surface area contributed by atoms with Crippen molar-refractivity contribution in [1.82, 2.24) is 4.90 Å². The molecule has 0 aromatic carbocycles. The Morgan fingerprint density at radius 3 is 2.26 bits per heavy atom. The number of piperidine rings is 1. The number of cyclic esters (lactones) is 1. The summed E-state index contributed by atoms with van der Waals surface area (Å²) in [6, 6.07) is -1.14. The molecule has 15 nitrogen and oxygen atoms in total. The SMILES string of the molecule is COC1CC2CCC(C)C(O)(O2)C(=O)C(=O)N2CCCCC2C(=O)OC(C(C)C[C@@H]2CC[C@@H](OCCO)[C@H](OC)C2)CC(=O)C(C)C=C(C)C(O)C(OC)C(=O)C(C)CC(C)C=CC=CC=C1C. The number of carbonyl (C=O) groups excluding carboxylic acids is 5. The Morgan fingerprint density at radius 2 is 1.59 bits per heavy atom. The van der Waals surface area contributed by atoms with Crippen molar-refractivity contribution in [1.29, 1.82) is 0 Å². The molecule has 4 aliphatic rings. The first-order valence-corrected chi connectivity index (χ1v) is 25.0. The summed E-state index contributed by atoms with van der Waals surface area (Å²) in [7, 11) is 4.58. The highest BCUT2D eigenvalue weighted by Crippen LogP contribution is 2.38. The van der Waals surface area contributed by atoms with Crippen molar-refractivity contribution in [2.24, 2.45) is 35.5 Å². The molecule has 0 spiro atoms. The molecule has 4 rings (SSSR count). The second-order valence-corrected chi connectivity index (χ2v) is 20.2. The molecule has 2 saturated heterocycles. The van der Waals surface area contributed by atoms with Gasteiger partial charge in [-0.25, -0.2) is 4.79 Å². The minimum absolute atomic E-state index is 0.0158. The van der Waals surface area contributed by atoms with Crippen molar-refractivity contribution in [2.45, 2.75) is 180 Å². The van der Waals surface area contributed by atoms with Crippen molar-refractivity contribution >= 4 is 29.2 Å². The van der Waals surface area contributed by atoms with Gasteiger partial charge in [-0.3, -0.25) is 19.2 Å². The van der Waals surface area contributed by atoms with Gasteiger partial charge in [0.25, 0.3) is 11.7 Å². The maximum absolute atomic E-state index is 14.5. The summed E-state index contributed by atoms with van der Waals surface area (Å²) in [5.41, 5.74) is 1.26. The van der Waals surface area contributed by atoms with Gasteiger partial charge in [0, 0.05) is 58.5 Å². The molecule has 68 heavy (non-hydrogen) atoms. The number of aliphatic hydroxyl groups excluding tert-OH is 2. The third-order valence-electron chi connectivity index (χ3n) is 14.9. The van der Waals surface area contributed by atoms with E-state index in [0.717, 1.165) is 12.0 Å². The lowest BCUT2D eigenvalue weighted by atomic mass is 9.78. The number of ketones is 3. The quantitative estimate of drug-likeness (QED) is 0.134. The predicted octanol–water partition coefficient (Wildman–Crippen LogP) is 6.20. The smallest absolute Gasteiger partial charge is 0.329 e. The number of amides is 1. The van der Waals surface area contributed by atoms with Crippen LogP contribution in [0.15, 0.2) is 47.6 Å². The minimum atomic E-state index is -2.43. The number of hydrogen-bond acceptors (Lipinski definition) is 14. The number of allylic oxidation sites excluding steroid dienone is 6. The fourth-order valence-corrected chi connectivity index (χ4v) is 10.5. The first kappa shape index (κ1) is 57.2. The van der Waals surface area contributed by atoms with Gasteiger partial charge in [-0.2, -0.15) is 0 Å². The predicted molar refractivity (Wildman–Crippen MR) is 256 cm³/mol. The summed E-state index contributed by atoms with van der Waals surface area (Å²) in [6.07, 6.45) is 12.0. The molecule has 12 unspecified atom stereocenters. The molecule has 0 radical (unpaired) electrons. The largest absolute Gasteiger partial charge is 0.460 e. The van der Waals surface area contributed by atoms with E-state index in [-0.39, 0.29) is 74.1 Å². The normalized spacial score (nSPS) is 36.7. The molecule has 3 N–H and O–H groups in total. The van der Waals surface area contributed by atoms with E-state index in [1.54, 1.807) is 41.1 Å². The summed E-state index contributed by atoms with van der Waals surface area (Å²) in [5.74, 6) is -7.96. The van der Waals surface area contributed by atoms with Gasteiger partial charge >= 0.3 is 5.97 Å². The molecule has 1 aliphatic carbocycles.